The average molecular weight is 470 g/mol. The number of methoxy groups -OCH3 is 1. The third-order valence-electron chi connectivity index (χ3n) is 5.16. The molecule has 3 heterocycles. The van der Waals surface area contributed by atoms with Crippen LogP contribution in [-0.4, -0.2) is 48.6 Å². The minimum atomic E-state index is -0.609. The largest absolute Gasteiger partial charge is 0.496 e. The van der Waals surface area contributed by atoms with Crippen LogP contribution in [0.3, 0.4) is 0 Å². The van der Waals surface area contributed by atoms with Gasteiger partial charge in [0.1, 0.15) is 11.3 Å². The molecule has 0 spiro atoms. The van der Waals surface area contributed by atoms with Gasteiger partial charge in [0.05, 0.1) is 37.3 Å². The smallest absolute Gasteiger partial charge is 0.263 e. The predicted molar refractivity (Wildman–Crippen MR) is 125 cm³/mol. The summed E-state index contributed by atoms with van der Waals surface area (Å²) in [7, 11) is 1.54. The summed E-state index contributed by atoms with van der Waals surface area (Å²) in [6.07, 6.45) is 5.55. The van der Waals surface area contributed by atoms with Crippen LogP contribution in [0.15, 0.2) is 42.9 Å². The lowest BCUT2D eigenvalue weighted by molar-refractivity contribution is 0.102. The van der Waals surface area contributed by atoms with Crippen molar-refractivity contribution in [1.82, 2.24) is 24.4 Å². The lowest BCUT2D eigenvalue weighted by Gasteiger charge is -2.16. The molecule has 0 saturated heterocycles. The summed E-state index contributed by atoms with van der Waals surface area (Å²) in [5.41, 5.74) is 8.05. The Morgan fingerprint density at radius 3 is 2.97 bits per heavy atom. The summed E-state index contributed by atoms with van der Waals surface area (Å²) in [5.74, 6) is 0.106. The molecule has 10 nitrogen and oxygen atoms in total. The number of amides is 1. The molecule has 3 aromatic heterocycles. The van der Waals surface area contributed by atoms with Crippen LogP contribution >= 0.6 is 11.6 Å². The number of ether oxygens (including phenoxy) is 1. The van der Waals surface area contributed by atoms with Gasteiger partial charge in [0.2, 0.25) is 0 Å². The molecule has 1 atom stereocenters. The van der Waals surface area contributed by atoms with Crippen molar-refractivity contribution < 1.29 is 14.6 Å². The van der Waals surface area contributed by atoms with E-state index in [0.717, 1.165) is 6.42 Å². The standard InChI is InChI=1S/C22H24ClN7O3/c1-3-5-14(31)12-30-19(15-10-13(23)6-7-17(15)33-2)16(11-26-30)27-22(32)18-20(24)28-29-9-4-8-25-21(18)29/h4,6-11,14,31H,3,5,12H2,1-2H3,(H2,24,28)(H,27,32). The van der Waals surface area contributed by atoms with Crippen LogP contribution < -0.4 is 15.8 Å². The highest BCUT2D eigenvalue weighted by molar-refractivity contribution is 6.31. The fourth-order valence-electron chi connectivity index (χ4n) is 3.70. The number of nitrogens with two attached hydrogens (primary N) is 1. The van der Waals surface area contributed by atoms with Crippen LogP contribution in [0.2, 0.25) is 5.02 Å². The van der Waals surface area contributed by atoms with Gasteiger partial charge in [-0.25, -0.2) is 9.50 Å². The number of aromatic nitrogens is 5. The highest BCUT2D eigenvalue weighted by atomic mass is 35.5. The van der Waals surface area contributed by atoms with E-state index in [0.29, 0.717) is 39.8 Å². The van der Waals surface area contributed by atoms with Gasteiger partial charge in [-0.2, -0.15) is 5.10 Å². The number of fused-ring (bicyclic) bond motifs is 1. The minimum absolute atomic E-state index is 0.0545. The SMILES string of the molecule is CCCC(O)Cn1ncc(NC(=O)c2c(N)nn3cccnc23)c1-c1cc(Cl)ccc1OC. The Balaban J connectivity index is 1.78. The Bertz CT molecular complexity index is 1300. The molecule has 4 N–H and O–H groups in total. The molecular formula is C22H24ClN7O3. The summed E-state index contributed by atoms with van der Waals surface area (Å²) in [4.78, 5) is 17.4. The van der Waals surface area contributed by atoms with Crippen molar-refractivity contribution in [3.05, 3.63) is 53.4 Å². The zero-order valence-electron chi connectivity index (χ0n) is 18.2. The molecule has 1 amide bonds. The first kappa shape index (κ1) is 22.6. The number of hydrogen-bond donors (Lipinski definition) is 3. The monoisotopic (exact) mass is 469 g/mol. The number of hydrogen-bond acceptors (Lipinski definition) is 7. The zero-order chi connectivity index (χ0) is 23.5. The number of nitrogens with one attached hydrogen (secondary N) is 1. The molecule has 1 unspecified atom stereocenters. The van der Waals surface area contributed by atoms with E-state index in [1.807, 2.05) is 6.92 Å². The first-order valence-corrected chi connectivity index (χ1v) is 10.8. The number of nitrogen functional groups attached to an aromatic ring is 1. The van der Waals surface area contributed by atoms with Gasteiger partial charge in [0.15, 0.2) is 11.5 Å². The Morgan fingerprint density at radius 1 is 1.39 bits per heavy atom. The summed E-state index contributed by atoms with van der Waals surface area (Å²) in [5, 5.41) is 22.3. The summed E-state index contributed by atoms with van der Waals surface area (Å²) in [6.45, 7) is 2.22. The second kappa shape index (κ2) is 9.47. The number of rotatable bonds is 8. The van der Waals surface area contributed by atoms with Crippen LogP contribution in [-0.2, 0) is 6.54 Å². The number of nitrogens with zero attached hydrogens (tertiary/aromatic N) is 5. The maximum Gasteiger partial charge on any atom is 0.263 e. The van der Waals surface area contributed by atoms with E-state index < -0.39 is 12.0 Å². The van der Waals surface area contributed by atoms with Crippen molar-refractivity contribution in [2.45, 2.75) is 32.4 Å². The normalized spacial score (nSPS) is 12.1. The Morgan fingerprint density at radius 2 is 2.21 bits per heavy atom. The Labute approximate surface area is 194 Å². The Hall–Kier alpha value is -3.63. The molecule has 4 aromatic rings. The second-order valence-corrected chi connectivity index (χ2v) is 7.91. The predicted octanol–water partition coefficient (Wildman–Crippen LogP) is 3.25. The van der Waals surface area contributed by atoms with Crippen molar-refractivity contribution in [2.75, 3.05) is 18.2 Å². The molecular weight excluding hydrogens is 446 g/mol. The topological polar surface area (TPSA) is 133 Å². The van der Waals surface area contributed by atoms with Crippen molar-refractivity contribution >= 4 is 34.7 Å². The second-order valence-electron chi connectivity index (χ2n) is 7.48. The van der Waals surface area contributed by atoms with Crippen molar-refractivity contribution in [3.63, 3.8) is 0 Å². The summed E-state index contributed by atoms with van der Waals surface area (Å²) in [6, 6.07) is 6.85. The van der Waals surface area contributed by atoms with Crippen molar-refractivity contribution in [2.24, 2.45) is 0 Å². The number of aliphatic hydroxyl groups is 1. The number of carbonyl (C=O) groups is 1. The molecule has 33 heavy (non-hydrogen) atoms. The van der Waals surface area contributed by atoms with Gasteiger partial charge < -0.3 is 20.9 Å². The van der Waals surface area contributed by atoms with E-state index >= 15 is 0 Å². The van der Waals surface area contributed by atoms with Gasteiger partial charge in [-0.3, -0.25) is 9.48 Å². The van der Waals surface area contributed by atoms with Crippen molar-refractivity contribution in [1.29, 1.82) is 0 Å². The van der Waals surface area contributed by atoms with Crippen LogP contribution in [0, 0.1) is 0 Å². The van der Waals surface area contributed by atoms with Gasteiger partial charge in [-0.15, -0.1) is 5.10 Å². The highest BCUT2D eigenvalue weighted by Gasteiger charge is 2.24. The maximum atomic E-state index is 13.2. The average Bonchev–Trinajstić information content (AvgIpc) is 3.33. The molecule has 0 bridgehead atoms. The molecule has 172 valence electrons. The fraction of sp³-hybridized carbons (Fsp3) is 0.273. The molecule has 11 heteroatoms. The molecule has 0 saturated carbocycles. The number of carbonyl (C=O) groups excluding carboxylic acids is 1. The third kappa shape index (κ3) is 4.48. The first-order chi connectivity index (χ1) is 15.9. The van der Waals surface area contributed by atoms with E-state index in [1.165, 1.54) is 10.7 Å². The number of benzene rings is 1. The zero-order valence-corrected chi connectivity index (χ0v) is 19.0. The van der Waals surface area contributed by atoms with Crippen molar-refractivity contribution in [3.8, 4) is 17.0 Å². The van der Waals surface area contributed by atoms with Gasteiger partial charge in [0.25, 0.3) is 5.91 Å². The van der Waals surface area contributed by atoms with Crippen LogP contribution in [0.25, 0.3) is 16.9 Å². The highest BCUT2D eigenvalue weighted by Crippen LogP contribution is 2.37. The van der Waals surface area contributed by atoms with Gasteiger partial charge in [0, 0.05) is 23.0 Å². The van der Waals surface area contributed by atoms with Gasteiger partial charge >= 0.3 is 0 Å². The number of aliphatic hydroxyl groups excluding tert-OH is 1. The van der Waals surface area contributed by atoms with Crippen LogP contribution in [0.5, 0.6) is 5.75 Å². The third-order valence-corrected chi connectivity index (χ3v) is 5.39. The molecule has 4 rings (SSSR count). The lowest BCUT2D eigenvalue weighted by Crippen LogP contribution is -2.18. The molecule has 0 aliphatic heterocycles. The van der Waals surface area contributed by atoms with Gasteiger partial charge in [-0.1, -0.05) is 24.9 Å². The Kier molecular flexibility index (Phi) is 6.47. The lowest BCUT2D eigenvalue weighted by atomic mass is 10.1. The van der Waals surface area contributed by atoms with Gasteiger partial charge in [-0.05, 0) is 30.7 Å². The van der Waals surface area contributed by atoms with E-state index in [9.17, 15) is 9.90 Å². The molecule has 0 radical (unpaired) electrons. The van der Waals surface area contributed by atoms with E-state index in [2.05, 4.69) is 20.5 Å². The molecule has 0 aliphatic rings. The summed E-state index contributed by atoms with van der Waals surface area (Å²) >= 11 is 6.27. The van der Waals surface area contributed by atoms with Crippen LogP contribution in [0.4, 0.5) is 11.5 Å². The number of halogens is 1. The van der Waals surface area contributed by atoms with E-state index in [-0.39, 0.29) is 17.9 Å². The van der Waals surface area contributed by atoms with E-state index in [1.54, 1.807) is 48.5 Å². The minimum Gasteiger partial charge on any atom is -0.496 e. The summed E-state index contributed by atoms with van der Waals surface area (Å²) < 4.78 is 8.59. The number of anilines is 2. The quantitative estimate of drug-likeness (QED) is 0.360. The first-order valence-electron chi connectivity index (χ1n) is 10.4. The van der Waals surface area contributed by atoms with E-state index in [4.69, 9.17) is 22.1 Å². The van der Waals surface area contributed by atoms with Crippen LogP contribution in [0.1, 0.15) is 30.1 Å². The maximum absolute atomic E-state index is 13.2. The molecule has 1 aromatic carbocycles. The molecule has 0 fully saturated rings. The fourth-order valence-corrected chi connectivity index (χ4v) is 3.87. The molecule has 0 aliphatic carbocycles.